The monoisotopic (exact) mass is 270 g/mol. The SMILES string of the molecule is Cc1[nH]ncc1S(=O)(=O)NC1CN2CCC1CC2. The maximum Gasteiger partial charge on any atom is 0.244 e. The average Bonchev–Trinajstić information content (AvgIpc) is 2.77. The molecule has 1 aromatic heterocycles. The predicted octanol–water partition coefficient (Wildman–Crippen LogP) is 0.0906. The van der Waals surface area contributed by atoms with Crippen LogP contribution < -0.4 is 4.72 Å². The zero-order valence-electron chi connectivity index (χ0n) is 10.4. The Bertz CT molecular complexity index is 531. The van der Waals surface area contributed by atoms with Crippen molar-refractivity contribution in [1.82, 2.24) is 19.8 Å². The molecular formula is C11H18N4O2S. The van der Waals surface area contributed by atoms with Crippen LogP contribution in [-0.4, -0.2) is 49.2 Å². The fourth-order valence-corrected chi connectivity index (χ4v) is 4.40. The first kappa shape index (κ1) is 12.1. The molecule has 2 N–H and O–H groups in total. The van der Waals surface area contributed by atoms with Crippen molar-refractivity contribution in [2.45, 2.75) is 30.7 Å². The van der Waals surface area contributed by atoms with Crippen LogP contribution in [0, 0.1) is 12.8 Å². The van der Waals surface area contributed by atoms with Gasteiger partial charge in [0, 0.05) is 12.6 Å². The number of aryl methyl sites for hydroxylation is 1. The van der Waals surface area contributed by atoms with Crippen LogP contribution in [0.1, 0.15) is 18.5 Å². The van der Waals surface area contributed by atoms with Crippen molar-refractivity contribution in [3.63, 3.8) is 0 Å². The summed E-state index contributed by atoms with van der Waals surface area (Å²) in [6.07, 6.45) is 3.56. The number of sulfonamides is 1. The summed E-state index contributed by atoms with van der Waals surface area (Å²) in [7, 11) is -3.44. The maximum atomic E-state index is 12.3. The molecule has 3 aliphatic rings. The summed E-state index contributed by atoms with van der Waals surface area (Å²) in [5.41, 5.74) is 0.587. The fraction of sp³-hybridized carbons (Fsp3) is 0.727. The number of piperidine rings is 3. The van der Waals surface area contributed by atoms with E-state index in [0.29, 0.717) is 11.6 Å². The van der Waals surface area contributed by atoms with Gasteiger partial charge in [0.15, 0.2) is 0 Å². The summed E-state index contributed by atoms with van der Waals surface area (Å²) in [6.45, 7) is 4.76. The van der Waals surface area contributed by atoms with Gasteiger partial charge in [-0.15, -0.1) is 0 Å². The number of hydrogen-bond acceptors (Lipinski definition) is 4. The summed E-state index contributed by atoms with van der Waals surface area (Å²) in [5, 5.41) is 6.44. The molecule has 4 rings (SSSR count). The minimum atomic E-state index is -3.44. The van der Waals surface area contributed by atoms with E-state index in [2.05, 4.69) is 19.8 Å². The first-order valence-electron chi connectivity index (χ1n) is 6.31. The number of rotatable bonds is 3. The number of nitrogens with one attached hydrogen (secondary N) is 2. The van der Waals surface area contributed by atoms with Crippen molar-refractivity contribution < 1.29 is 8.42 Å². The summed E-state index contributed by atoms with van der Waals surface area (Å²) >= 11 is 0. The van der Waals surface area contributed by atoms with Crippen LogP contribution in [0.15, 0.2) is 11.1 Å². The molecule has 100 valence electrons. The van der Waals surface area contributed by atoms with Crippen molar-refractivity contribution in [3.8, 4) is 0 Å². The van der Waals surface area contributed by atoms with Crippen molar-refractivity contribution in [1.29, 1.82) is 0 Å². The molecule has 3 saturated heterocycles. The first-order valence-corrected chi connectivity index (χ1v) is 7.79. The summed E-state index contributed by atoms with van der Waals surface area (Å²) in [6, 6.07) is 0.0480. The molecule has 4 heterocycles. The Morgan fingerprint density at radius 1 is 1.44 bits per heavy atom. The topological polar surface area (TPSA) is 78.1 Å². The summed E-state index contributed by atoms with van der Waals surface area (Å²) < 4.78 is 27.4. The van der Waals surface area contributed by atoms with E-state index < -0.39 is 10.0 Å². The molecule has 2 bridgehead atoms. The highest BCUT2D eigenvalue weighted by Gasteiger charge is 2.36. The molecule has 6 nitrogen and oxygen atoms in total. The number of hydrogen-bond donors (Lipinski definition) is 2. The van der Waals surface area contributed by atoms with E-state index in [9.17, 15) is 8.42 Å². The predicted molar refractivity (Wildman–Crippen MR) is 66.6 cm³/mol. The molecule has 18 heavy (non-hydrogen) atoms. The minimum Gasteiger partial charge on any atom is -0.302 e. The Morgan fingerprint density at radius 2 is 2.17 bits per heavy atom. The number of aromatic amines is 1. The van der Waals surface area contributed by atoms with E-state index in [1.165, 1.54) is 6.20 Å². The molecule has 0 radical (unpaired) electrons. The van der Waals surface area contributed by atoms with Crippen LogP contribution in [0.4, 0.5) is 0 Å². The van der Waals surface area contributed by atoms with Crippen LogP contribution in [-0.2, 0) is 10.0 Å². The van der Waals surface area contributed by atoms with E-state index >= 15 is 0 Å². The normalized spacial score (nSPS) is 31.7. The lowest BCUT2D eigenvalue weighted by Crippen LogP contribution is -2.57. The lowest BCUT2D eigenvalue weighted by Gasteiger charge is -2.44. The number of H-pyrrole nitrogens is 1. The Kier molecular flexibility index (Phi) is 2.91. The van der Waals surface area contributed by atoms with Gasteiger partial charge in [-0.1, -0.05) is 0 Å². The van der Waals surface area contributed by atoms with Crippen LogP contribution in [0.5, 0.6) is 0 Å². The standard InChI is InChI=1S/C11H18N4O2S/c1-8-11(6-12-13-8)18(16,17)14-10-7-15-4-2-9(10)3-5-15/h6,9-10,14H,2-5,7H2,1H3,(H,12,13). The van der Waals surface area contributed by atoms with E-state index in [-0.39, 0.29) is 10.9 Å². The minimum absolute atomic E-state index is 0.0480. The van der Waals surface area contributed by atoms with Gasteiger partial charge in [0.1, 0.15) is 4.90 Å². The van der Waals surface area contributed by atoms with Gasteiger partial charge in [-0.05, 0) is 38.8 Å². The second-order valence-electron chi connectivity index (χ2n) is 5.23. The van der Waals surface area contributed by atoms with Gasteiger partial charge < -0.3 is 4.90 Å². The van der Waals surface area contributed by atoms with Gasteiger partial charge >= 0.3 is 0 Å². The van der Waals surface area contributed by atoms with Gasteiger partial charge in [0.05, 0.1) is 11.9 Å². The summed E-state index contributed by atoms with van der Waals surface area (Å²) in [4.78, 5) is 2.59. The van der Waals surface area contributed by atoms with Crippen LogP contribution in [0.25, 0.3) is 0 Å². The van der Waals surface area contributed by atoms with Crippen LogP contribution in [0.2, 0.25) is 0 Å². The average molecular weight is 270 g/mol. The first-order chi connectivity index (χ1) is 8.56. The molecule has 3 fully saturated rings. The van der Waals surface area contributed by atoms with E-state index in [0.717, 1.165) is 32.5 Å². The molecule has 0 amide bonds. The highest BCUT2D eigenvalue weighted by Crippen LogP contribution is 2.28. The van der Waals surface area contributed by atoms with Crippen molar-refractivity contribution in [2.24, 2.45) is 5.92 Å². The van der Waals surface area contributed by atoms with Gasteiger partial charge in [0.25, 0.3) is 0 Å². The van der Waals surface area contributed by atoms with Crippen molar-refractivity contribution >= 4 is 10.0 Å². The Hall–Kier alpha value is -0.920. The maximum absolute atomic E-state index is 12.3. The molecule has 1 atom stereocenters. The molecule has 0 saturated carbocycles. The zero-order chi connectivity index (χ0) is 12.8. The van der Waals surface area contributed by atoms with Crippen molar-refractivity contribution in [3.05, 3.63) is 11.9 Å². The fourth-order valence-electron chi connectivity index (χ4n) is 2.97. The Morgan fingerprint density at radius 3 is 2.67 bits per heavy atom. The molecule has 1 aromatic rings. The number of fused-ring (bicyclic) bond motifs is 3. The smallest absolute Gasteiger partial charge is 0.244 e. The molecule has 0 aliphatic carbocycles. The quantitative estimate of drug-likeness (QED) is 0.816. The molecule has 7 heteroatoms. The third-order valence-electron chi connectivity index (χ3n) is 4.04. The lowest BCUT2D eigenvalue weighted by molar-refractivity contribution is 0.0827. The second-order valence-corrected chi connectivity index (χ2v) is 6.91. The highest BCUT2D eigenvalue weighted by atomic mass is 32.2. The Labute approximate surface area is 107 Å². The molecule has 3 aliphatic heterocycles. The second kappa shape index (κ2) is 4.32. The van der Waals surface area contributed by atoms with Crippen molar-refractivity contribution in [2.75, 3.05) is 19.6 Å². The van der Waals surface area contributed by atoms with Gasteiger partial charge in [0.2, 0.25) is 10.0 Å². The number of nitrogens with zero attached hydrogens (tertiary/aromatic N) is 2. The summed E-state index contributed by atoms with van der Waals surface area (Å²) in [5.74, 6) is 0.483. The lowest BCUT2D eigenvalue weighted by atomic mass is 9.85. The number of aromatic nitrogens is 2. The van der Waals surface area contributed by atoms with Crippen LogP contribution in [0.3, 0.4) is 0 Å². The Balaban J connectivity index is 1.79. The van der Waals surface area contributed by atoms with E-state index in [1.54, 1.807) is 6.92 Å². The van der Waals surface area contributed by atoms with Gasteiger partial charge in [-0.2, -0.15) is 5.10 Å². The molecule has 1 unspecified atom stereocenters. The van der Waals surface area contributed by atoms with Crippen LogP contribution >= 0.6 is 0 Å². The largest absolute Gasteiger partial charge is 0.302 e. The zero-order valence-corrected chi connectivity index (χ0v) is 11.2. The molecule has 0 spiro atoms. The third-order valence-corrected chi connectivity index (χ3v) is 5.64. The molecular weight excluding hydrogens is 252 g/mol. The van der Waals surface area contributed by atoms with Gasteiger partial charge in [-0.3, -0.25) is 5.10 Å². The van der Waals surface area contributed by atoms with E-state index in [4.69, 9.17) is 0 Å². The van der Waals surface area contributed by atoms with E-state index in [1.807, 2.05) is 0 Å². The third kappa shape index (κ3) is 2.06. The molecule has 0 aromatic carbocycles. The van der Waals surface area contributed by atoms with Gasteiger partial charge in [-0.25, -0.2) is 13.1 Å². The highest BCUT2D eigenvalue weighted by molar-refractivity contribution is 7.89.